The van der Waals surface area contributed by atoms with Gasteiger partial charge in [-0.3, -0.25) is 43.2 Å². The average Bonchev–Trinajstić information content (AvgIpc) is 3.97. The lowest BCUT2D eigenvalue weighted by Crippen LogP contribution is -2.66. The second-order valence-electron chi connectivity index (χ2n) is 18.4. The quantitative estimate of drug-likeness (QED) is 0.110. The number of nitrogens with zero attached hydrogens (tertiary/aromatic N) is 7. The van der Waals surface area contributed by atoms with Crippen molar-refractivity contribution in [1.82, 2.24) is 35.3 Å². The predicted octanol–water partition coefficient (Wildman–Crippen LogP) is 0.243. The summed E-state index contributed by atoms with van der Waals surface area (Å²) in [7, 11) is 0. The number of quaternary nitrogens is 1. The molecule has 28 heteroatoms. The number of aromatic nitrogens is 6. The molecule has 3 saturated heterocycles. The minimum atomic E-state index is -1.48. The number of benzene rings is 1. The van der Waals surface area contributed by atoms with Crippen molar-refractivity contribution < 1.29 is 95.0 Å². The van der Waals surface area contributed by atoms with Gasteiger partial charge in [0, 0.05) is 73.9 Å². The first-order valence-electron chi connectivity index (χ1n) is 23.5. The molecule has 10 atom stereocenters. The van der Waals surface area contributed by atoms with E-state index in [9.17, 15) is 43.2 Å². The second-order valence-corrected chi connectivity index (χ2v) is 18.4. The van der Waals surface area contributed by atoms with Crippen LogP contribution in [0, 0.1) is 0 Å². The Hall–Kier alpha value is -7.59. The molecule has 74 heavy (non-hydrogen) atoms. The standard InChI is InChI=1S/C46H57N9O19/c1-23(56)65-21-35-37(67-25(3)58)39(69-27(5)60)41(71-29(7)62)44(73-35)53-17-31(49-51-53)19-55(15-13-46(14-16-55)47-34-12-10-9-11-33(34)43(64)48-46)20-32-18-54(52-50-32)45-42(72-30(8)63)40(70-28(6)61)38(68-26(4)59)36(74-45)22-66-24(2)57/h9-12,17-18,35-42,44-45H,13-16,19-22H2,1-8H3,(H-,47,48,64)/p+1/t35-,36-,37-,38-,39+,40+,41-,42-,44-,45-/m1/s1. The van der Waals surface area contributed by atoms with Crippen LogP contribution in [0.2, 0.25) is 0 Å². The molecule has 3 aromatic rings. The van der Waals surface area contributed by atoms with E-state index < -0.39 is 128 Å². The molecule has 0 unspecified atom stereocenters. The topological polar surface area (TPSA) is 331 Å². The van der Waals surface area contributed by atoms with Crippen molar-refractivity contribution in [3.63, 3.8) is 0 Å². The molecule has 0 aliphatic carbocycles. The highest BCUT2D eigenvalue weighted by Gasteiger charge is 2.55. The van der Waals surface area contributed by atoms with Crippen molar-refractivity contribution in [2.45, 2.75) is 148 Å². The summed E-state index contributed by atoms with van der Waals surface area (Å²) in [6.07, 6.45) is -10.2. The fourth-order valence-electron chi connectivity index (χ4n) is 9.62. The van der Waals surface area contributed by atoms with Gasteiger partial charge in [0.05, 0.1) is 31.0 Å². The van der Waals surface area contributed by atoms with Gasteiger partial charge < -0.3 is 62.5 Å². The number of hydrogen-bond donors (Lipinski definition) is 2. The number of likely N-dealkylation sites (tertiary alicyclic amines) is 1. The highest BCUT2D eigenvalue weighted by Crippen LogP contribution is 2.39. The molecular weight excluding hydrogens is 983 g/mol. The van der Waals surface area contributed by atoms with Gasteiger partial charge in [-0.15, -0.1) is 10.2 Å². The Bertz CT molecular complexity index is 2500. The summed E-state index contributed by atoms with van der Waals surface area (Å²) in [6, 6.07) is 7.14. The highest BCUT2D eigenvalue weighted by molar-refractivity contribution is 6.02. The number of carbonyl (C=O) groups is 9. The molecule has 4 aliphatic rings. The third-order valence-electron chi connectivity index (χ3n) is 12.5. The van der Waals surface area contributed by atoms with E-state index in [-0.39, 0.29) is 23.5 Å². The first kappa shape index (κ1) is 54.2. The molecule has 28 nitrogen and oxygen atoms in total. The van der Waals surface area contributed by atoms with E-state index in [0.717, 1.165) is 55.4 Å². The Balaban J connectivity index is 1.24. The second kappa shape index (κ2) is 22.7. The fraction of sp³-hybridized carbons (Fsp3) is 0.587. The molecular formula is C46H58N9O19+. The van der Waals surface area contributed by atoms with Gasteiger partial charge in [-0.2, -0.15) is 0 Å². The summed E-state index contributed by atoms with van der Waals surface area (Å²) >= 11 is 0. The van der Waals surface area contributed by atoms with Crippen LogP contribution in [0.5, 0.6) is 0 Å². The minimum absolute atomic E-state index is 0.137. The van der Waals surface area contributed by atoms with Crippen LogP contribution in [0.15, 0.2) is 36.7 Å². The van der Waals surface area contributed by atoms with Crippen LogP contribution in [0.1, 0.15) is 102 Å². The number of carbonyl (C=O) groups excluding carboxylic acids is 9. The number of piperidine rings is 1. The number of rotatable bonds is 16. The zero-order chi connectivity index (χ0) is 53.6. The van der Waals surface area contributed by atoms with Gasteiger partial charge in [0.25, 0.3) is 5.91 Å². The van der Waals surface area contributed by atoms with Crippen LogP contribution < -0.4 is 10.6 Å². The third kappa shape index (κ3) is 13.0. The average molecular weight is 1040 g/mol. The summed E-state index contributed by atoms with van der Waals surface area (Å²) in [4.78, 5) is 112. The summed E-state index contributed by atoms with van der Waals surface area (Å²) in [6.45, 7) is 9.06. The number of nitrogens with one attached hydrogen (secondary N) is 2. The molecule has 6 heterocycles. The lowest BCUT2D eigenvalue weighted by molar-refractivity contribution is -0.959. The number of para-hydroxylation sites is 1. The van der Waals surface area contributed by atoms with Gasteiger partial charge in [0.1, 0.15) is 55.6 Å². The monoisotopic (exact) mass is 1040 g/mol. The van der Waals surface area contributed by atoms with Crippen molar-refractivity contribution in [1.29, 1.82) is 0 Å². The fourth-order valence-corrected chi connectivity index (χ4v) is 9.62. The zero-order valence-corrected chi connectivity index (χ0v) is 41.8. The van der Waals surface area contributed by atoms with Crippen LogP contribution in [0.3, 0.4) is 0 Å². The summed E-state index contributed by atoms with van der Waals surface area (Å²) in [5, 5.41) is 24.4. The Labute approximate surface area is 422 Å². The number of anilines is 1. The SMILES string of the molecule is CC(=O)OC[C@H]1O[C@@H](n2cc(C[N+]3(Cc4cn([C@@H]5O[C@H](COC(C)=O)[C@@H](OC(C)=O)[C@H](OC(C)=O)[C@H]5OC(C)=O)nn4)CCC4(CC3)NC(=O)c3ccccc3N4)nn2)[C@H](OC(C)=O)[C@@H](OC(C)=O)[C@@H]1OC(C)=O. The number of hydrogen-bond acceptors (Lipinski definition) is 24. The molecule has 1 amide bonds. The van der Waals surface area contributed by atoms with Gasteiger partial charge in [-0.1, -0.05) is 22.6 Å². The van der Waals surface area contributed by atoms with Crippen LogP contribution in [-0.4, -0.2) is 169 Å². The maximum atomic E-state index is 13.5. The molecule has 2 aromatic heterocycles. The van der Waals surface area contributed by atoms with Gasteiger partial charge in [0.2, 0.25) is 0 Å². The van der Waals surface area contributed by atoms with E-state index in [2.05, 4.69) is 31.3 Å². The zero-order valence-electron chi connectivity index (χ0n) is 41.8. The molecule has 7 rings (SSSR count). The maximum absolute atomic E-state index is 13.5. The van der Waals surface area contributed by atoms with Gasteiger partial charge >= 0.3 is 47.8 Å². The van der Waals surface area contributed by atoms with E-state index in [1.165, 1.54) is 21.8 Å². The van der Waals surface area contributed by atoms with E-state index in [0.29, 0.717) is 48.6 Å². The maximum Gasteiger partial charge on any atom is 0.303 e. The van der Waals surface area contributed by atoms with Crippen LogP contribution in [-0.2, 0) is 98.8 Å². The Morgan fingerprint density at radius 1 is 0.568 bits per heavy atom. The van der Waals surface area contributed by atoms with Gasteiger partial charge in [0.15, 0.2) is 49.1 Å². The van der Waals surface area contributed by atoms with Crippen molar-refractivity contribution in [2.24, 2.45) is 0 Å². The smallest absolute Gasteiger partial charge is 0.303 e. The van der Waals surface area contributed by atoms with Crippen molar-refractivity contribution in [2.75, 3.05) is 31.6 Å². The number of ether oxygens (including phenoxy) is 10. The van der Waals surface area contributed by atoms with E-state index >= 15 is 0 Å². The first-order chi connectivity index (χ1) is 35.0. The summed E-state index contributed by atoms with van der Waals surface area (Å²) in [5.74, 6) is -6.48. The molecule has 0 radical (unpaired) electrons. The highest BCUT2D eigenvalue weighted by atomic mass is 16.7. The molecule has 1 spiro atoms. The normalized spacial score (nSPS) is 26.6. The minimum Gasteiger partial charge on any atom is -0.463 e. The van der Waals surface area contributed by atoms with Crippen molar-refractivity contribution in [3.05, 3.63) is 53.6 Å². The lowest BCUT2D eigenvalue weighted by atomic mass is 9.90. The molecule has 1 aromatic carbocycles. The van der Waals surface area contributed by atoms with Gasteiger partial charge in [-0.25, -0.2) is 9.36 Å². The van der Waals surface area contributed by atoms with Crippen molar-refractivity contribution in [3.8, 4) is 0 Å². The Kier molecular flexibility index (Phi) is 16.6. The molecule has 3 fully saturated rings. The first-order valence-corrected chi connectivity index (χ1v) is 23.5. The molecule has 4 aliphatic heterocycles. The Morgan fingerprint density at radius 3 is 1.36 bits per heavy atom. The van der Waals surface area contributed by atoms with Crippen LogP contribution >= 0.6 is 0 Å². The Morgan fingerprint density at radius 2 is 0.959 bits per heavy atom. The molecule has 2 N–H and O–H groups in total. The molecule has 0 saturated carbocycles. The van der Waals surface area contributed by atoms with E-state index in [4.69, 9.17) is 47.4 Å². The van der Waals surface area contributed by atoms with Crippen LogP contribution in [0.4, 0.5) is 5.69 Å². The lowest BCUT2D eigenvalue weighted by Gasteiger charge is -2.50. The van der Waals surface area contributed by atoms with Crippen LogP contribution in [0.25, 0.3) is 0 Å². The van der Waals surface area contributed by atoms with Crippen molar-refractivity contribution >= 4 is 59.3 Å². The van der Waals surface area contributed by atoms with Gasteiger partial charge in [-0.05, 0) is 12.1 Å². The molecule has 400 valence electrons. The number of amides is 1. The summed E-state index contributed by atoms with van der Waals surface area (Å²) < 4.78 is 59.4. The largest absolute Gasteiger partial charge is 0.463 e. The number of fused-ring (bicyclic) bond motifs is 1. The summed E-state index contributed by atoms with van der Waals surface area (Å²) in [5.41, 5.74) is 1.03. The number of esters is 8. The molecule has 0 bridgehead atoms. The third-order valence-corrected chi connectivity index (χ3v) is 12.5. The van der Waals surface area contributed by atoms with E-state index in [1.807, 2.05) is 12.1 Å². The van der Waals surface area contributed by atoms with E-state index in [1.54, 1.807) is 12.1 Å². The predicted molar refractivity (Wildman–Crippen MR) is 241 cm³/mol.